The van der Waals surface area contributed by atoms with E-state index in [1.54, 1.807) is 4.52 Å². The van der Waals surface area contributed by atoms with E-state index in [0.29, 0.717) is 18.9 Å². The number of hydrogen-bond acceptors (Lipinski definition) is 6. The van der Waals surface area contributed by atoms with Gasteiger partial charge in [-0.2, -0.15) is 14.6 Å². The van der Waals surface area contributed by atoms with Crippen LogP contribution < -0.4 is 5.32 Å². The monoisotopic (exact) mass is 352 g/mol. The van der Waals surface area contributed by atoms with Crippen LogP contribution in [0.1, 0.15) is 22.4 Å². The summed E-state index contributed by atoms with van der Waals surface area (Å²) in [7, 11) is 0. The maximum atomic E-state index is 10.5. The number of hydrogen-bond donors (Lipinski definition) is 2. The Balaban J connectivity index is 1.40. The number of anilines is 1. The molecule has 3 aromatic rings. The van der Waals surface area contributed by atoms with Crippen LogP contribution in [-0.4, -0.2) is 55.3 Å². The second kappa shape index (κ2) is 7.01. The molecule has 1 atom stereocenters. The molecule has 7 nitrogen and oxygen atoms in total. The molecule has 0 radical (unpaired) electrons. The van der Waals surface area contributed by atoms with Crippen molar-refractivity contribution in [3.05, 3.63) is 53.0 Å². The molecule has 1 aliphatic heterocycles. The van der Waals surface area contributed by atoms with Crippen molar-refractivity contribution in [1.82, 2.24) is 24.5 Å². The van der Waals surface area contributed by atoms with E-state index in [0.717, 1.165) is 36.6 Å². The first-order valence-electron chi connectivity index (χ1n) is 9.00. The van der Waals surface area contributed by atoms with E-state index in [2.05, 4.69) is 49.5 Å². The lowest BCUT2D eigenvalue weighted by Gasteiger charge is -2.30. The van der Waals surface area contributed by atoms with E-state index in [1.807, 2.05) is 13.8 Å². The number of aliphatic hydroxyl groups excluding tert-OH is 1. The molecule has 0 spiro atoms. The minimum atomic E-state index is -0.466. The van der Waals surface area contributed by atoms with Crippen molar-refractivity contribution in [2.75, 3.05) is 25.0 Å². The Kier molecular flexibility index (Phi) is 4.57. The molecule has 0 amide bonds. The van der Waals surface area contributed by atoms with E-state index in [4.69, 9.17) is 0 Å². The molecule has 0 saturated heterocycles. The first-order valence-corrected chi connectivity index (χ1v) is 9.00. The highest BCUT2D eigenvalue weighted by Crippen LogP contribution is 2.20. The first kappa shape index (κ1) is 16.9. The Morgan fingerprint density at radius 2 is 2.04 bits per heavy atom. The second-order valence-corrected chi connectivity index (χ2v) is 6.93. The minimum Gasteiger partial charge on any atom is -0.390 e. The second-order valence-electron chi connectivity index (χ2n) is 6.93. The largest absolute Gasteiger partial charge is 0.390 e. The van der Waals surface area contributed by atoms with Crippen molar-refractivity contribution in [3.8, 4) is 0 Å². The molecule has 0 fully saturated rings. The van der Waals surface area contributed by atoms with Gasteiger partial charge in [0.25, 0.3) is 5.78 Å². The number of aliphatic hydroxyl groups is 1. The average Bonchev–Trinajstić information content (AvgIpc) is 3.10. The molecule has 0 aliphatic carbocycles. The van der Waals surface area contributed by atoms with Gasteiger partial charge in [0.15, 0.2) is 0 Å². The molecule has 1 aromatic carbocycles. The summed E-state index contributed by atoms with van der Waals surface area (Å²) in [5, 5.41) is 18.1. The number of nitrogens with zero attached hydrogens (tertiary/aromatic N) is 5. The van der Waals surface area contributed by atoms with Crippen LogP contribution in [0.15, 0.2) is 30.6 Å². The molecule has 3 heterocycles. The van der Waals surface area contributed by atoms with Crippen molar-refractivity contribution in [2.45, 2.75) is 32.9 Å². The summed E-state index contributed by atoms with van der Waals surface area (Å²) >= 11 is 0. The number of β-amino-alcohol motifs (C(OH)–C–C–N with tert-alkyl or cyclic N) is 1. The molecule has 2 aromatic heterocycles. The van der Waals surface area contributed by atoms with Crippen LogP contribution in [0, 0.1) is 13.8 Å². The SMILES string of the molecule is Cc1nc2ncnn2c(NCC(O)CN2CCc3ccccc3C2)c1C. The summed E-state index contributed by atoms with van der Waals surface area (Å²) in [4.78, 5) is 10.9. The minimum absolute atomic E-state index is 0.456. The number of rotatable bonds is 5. The lowest BCUT2D eigenvalue weighted by molar-refractivity contribution is 0.114. The third kappa shape index (κ3) is 3.27. The molecule has 4 rings (SSSR count). The van der Waals surface area contributed by atoms with Gasteiger partial charge in [0.05, 0.1) is 6.10 Å². The predicted octanol–water partition coefficient (Wildman–Crippen LogP) is 1.57. The molecule has 26 heavy (non-hydrogen) atoms. The topological polar surface area (TPSA) is 78.6 Å². The van der Waals surface area contributed by atoms with Crippen LogP contribution >= 0.6 is 0 Å². The van der Waals surface area contributed by atoms with Crippen LogP contribution in [-0.2, 0) is 13.0 Å². The van der Waals surface area contributed by atoms with Crippen LogP contribution in [0.4, 0.5) is 5.82 Å². The quantitative estimate of drug-likeness (QED) is 0.726. The summed E-state index contributed by atoms with van der Waals surface area (Å²) in [5.41, 5.74) is 4.72. The molecule has 0 bridgehead atoms. The van der Waals surface area contributed by atoms with E-state index < -0.39 is 6.10 Å². The van der Waals surface area contributed by atoms with E-state index in [-0.39, 0.29) is 0 Å². The molecule has 7 heteroatoms. The zero-order valence-electron chi connectivity index (χ0n) is 15.2. The van der Waals surface area contributed by atoms with Gasteiger partial charge in [-0.05, 0) is 31.4 Å². The Bertz CT molecular complexity index is 922. The van der Waals surface area contributed by atoms with Crippen molar-refractivity contribution >= 4 is 11.6 Å². The number of aryl methyl sites for hydroxylation is 1. The fourth-order valence-electron chi connectivity index (χ4n) is 3.53. The highest BCUT2D eigenvalue weighted by Gasteiger charge is 2.19. The molecule has 1 aliphatic rings. The molecule has 2 N–H and O–H groups in total. The van der Waals surface area contributed by atoms with Crippen LogP contribution in [0.5, 0.6) is 0 Å². The van der Waals surface area contributed by atoms with E-state index >= 15 is 0 Å². The van der Waals surface area contributed by atoms with E-state index in [9.17, 15) is 5.11 Å². The lowest BCUT2D eigenvalue weighted by atomic mass is 10.00. The predicted molar refractivity (Wildman–Crippen MR) is 100 cm³/mol. The summed E-state index contributed by atoms with van der Waals surface area (Å²) in [6, 6.07) is 8.55. The van der Waals surface area contributed by atoms with Gasteiger partial charge < -0.3 is 10.4 Å². The van der Waals surface area contributed by atoms with Crippen LogP contribution in [0.25, 0.3) is 5.78 Å². The van der Waals surface area contributed by atoms with Gasteiger partial charge in [-0.3, -0.25) is 4.90 Å². The number of benzene rings is 1. The Hall–Kier alpha value is -2.51. The molecule has 0 saturated carbocycles. The normalized spacial score (nSPS) is 15.8. The van der Waals surface area contributed by atoms with Gasteiger partial charge in [-0.1, -0.05) is 24.3 Å². The zero-order valence-corrected chi connectivity index (χ0v) is 15.2. The van der Waals surface area contributed by atoms with Gasteiger partial charge in [-0.15, -0.1) is 0 Å². The highest BCUT2D eigenvalue weighted by molar-refractivity contribution is 5.51. The highest BCUT2D eigenvalue weighted by atomic mass is 16.3. The molecule has 136 valence electrons. The van der Waals surface area contributed by atoms with Crippen LogP contribution in [0.2, 0.25) is 0 Å². The van der Waals surface area contributed by atoms with Crippen LogP contribution in [0.3, 0.4) is 0 Å². The summed E-state index contributed by atoms with van der Waals surface area (Å²) in [5.74, 6) is 1.41. The Morgan fingerprint density at radius 1 is 1.23 bits per heavy atom. The summed E-state index contributed by atoms with van der Waals surface area (Å²) in [6.45, 7) is 6.93. The zero-order chi connectivity index (χ0) is 18.1. The van der Waals surface area contributed by atoms with E-state index in [1.165, 1.54) is 17.5 Å². The fraction of sp³-hybridized carbons (Fsp3) is 0.421. The molecular formula is C19H24N6O. The van der Waals surface area contributed by atoms with Crippen molar-refractivity contribution in [2.24, 2.45) is 0 Å². The van der Waals surface area contributed by atoms with Gasteiger partial charge in [0.2, 0.25) is 0 Å². The first-order chi connectivity index (χ1) is 12.6. The van der Waals surface area contributed by atoms with Gasteiger partial charge in [0, 0.05) is 37.4 Å². The number of nitrogens with one attached hydrogen (secondary N) is 1. The Labute approximate surface area is 152 Å². The maximum Gasteiger partial charge on any atom is 0.254 e. The van der Waals surface area contributed by atoms with Gasteiger partial charge in [-0.25, -0.2) is 4.98 Å². The average molecular weight is 352 g/mol. The number of aromatic nitrogens is 4. The smallest absolute Gasteiger partial charge is 0.254 e. The maximum absolute atomic E-state index is 10.5. The number of fused-ring (bicyclic) bond motifs is 2. The van der Waals surface area contributed by atoms with Crippen molar-refractivity contribution in [1.29, 1.82) is 0 Å². The summed E-state index contributed by atoms with van der Waals surface area (Å²) < 4.78 is 1.69. The van der Waals surface area contributed by atoms with Gasteiger partial charge >= 0.3 is 0 Å². The third-order valence-corrected chi connectivity index (χ3v) is 5.09. The summed E-state index contributed by atoms with van der Waals surface area (Å²) in [6.07, 6.45) is 2.07. The van der Waals surface area contributed by atoms with Gasteiger partial charge in [0.1, 0.15) is 12.1 Å². The third-order valence-electron chi connectivity index (χ3n) is 5.09. The molecule has 1 unspecified atom stereocenters. The Morgan fingerprint density at radius 3 is 2.88 bits per heavy atom. The van der Waals surface area contributed by atoms with Crippen molar-refractivity contribution < 1.29 is 5.11 Å². The standard InChI is InChI=1S/C19H24N6O/c1-13-14(2)23-19-21-12-22-25(19)18(13)20-9-17(26)11-24-8-7-15-5-3-4-6-16(15)10-24/h3-6,12,17,20,26H,7-11H2,1-2H3. The lowest BCUT2D eigenvalue weighted by Crippen LogP contribution is -2.39. The van der Waals surface area contributed by atoms with Crippen molar-refractivity contribution in [3.63, 3.8) is 0 Å². The fourth-order valence-corrected chi connectivity index (χ4v) is 3.53. The molecular weight excluding hydrogens is 328 g/mol.